The predicted octanol–water partition coefficient (Wildman–Crippen LogP) is 4.35. The molecule has 0 radical (unpaired) electrons. The molecule has 28 heavy (non-hydrogen) atoms. The Bertz CT molecular complexity index is 1100. The number of amides is 1. The standard InChI is InChI=1S/C21H22ClN3O2S/c1-13-7-5-6-8-17(13)25-19(27)15-10-9-14(22)11-16(15)23-20(25)28-12-18(26)24-21(2,3)4/h5-11H,12H2,1-4H3,(H,24,26). The maximum atomic E-state index is 13.3. The molecular weight excluding hydrogens is 394 g/mol. The van der Waals surface area contributed by atoms with Crippen LogP contribution in [0.15, 0.2) is 52.4 Å². The highest BCUT2D eigenvalue weighted by Gasteiger charge is 2.18. The second kappa shape index (κ2) is 7.97. The minimum absolute atomic E-state index is 0.116. The molecule has 0 spiro atoms. The van der Waals surface area contributed by atoms with Crippen LogP contribution in [0.3, 0.4) is 0 Å². The molecule has 2 aromatic carbocycles. The van der Waals surface area contributed by atoms with Crippen molar-refractivity contribution in [2.24, 2.45) is 0 Å². The van der Waals surface area contributed by atoms with Gasteiger partial charge in [0.25, 0.3) is 5.56 Å². The van der Waals surface area contributed by atoms with Crippen LogP contribution in [0.1, 0.15) is 26.3 Å². The van der Waals surface area contributed by atoms with Gasteiger partial charge in [0.05, 0.1) is 22.3 Å². The first-order chi connectivity index (χ1) is 13.2. The van der Waals surface area contributed by atoms with E-state index in [-0.39, 0.29) is 22.8 Å². The Morgan fingerprint density at radius 3 is 2.61 bits per heavy atom. The summed E-state index contributed by atoms with van der Waals surface area (Å²) < 4.78 is 1.57. The number of hydrogen-bond acceptors (Lipinski definition) is 4. The Kier molecular flexibility index (Phi) is 5.82. The van der Waals surface area contributed by atoms with E-state index in [0.717, 1.165) is 11.3 Å². The van der Waals surface area contributed by atoms with Crippen LogP contribution in [0.2, 0.25) is 5.02 Å². The molecule has 1 N–H and O–H groups in total. The van der Waals surface area contributed by atoms with Crippen molar-refractivity contribution in [3.05, 3.63) is 63.4 Å². The minimum atomic E-state index is -0.322. The lowest BCUT2D eigenvalue weighted by Crippen LogP contribution is -2.41. The molecule has 1 amide bonds. The van der Waals surface area contributed by atoms with E-state index in [1.165, 1.54) is 11.8 Å². The molecule has 0 fully saturated rings. The molecule has 3 rings (SSSR count). The highest BCUT2D eigenvalue weighted by molar-refractivity contribution is 7.99. The largest absolute Gasteiger partial charge is 0.351 e. The van der Waals surface area contributed by atoms with Crippen molar-refractivity contribution in [2.45, 2.75) is 38.4 Å². The third kappa shape index (κ3) is 4.56. The van der Waals surface area contributed by atoms with Crippen LogP contribution < -0.4 is 10.9 Å². The number of aryl methyl sites for hydroxylation is 1. The van der Waals surface area contributed by atoms with Crippen molar-refractivity contribution in [1.29, 1.82) is 0 Å². The number of halogens is 1. The van der Waals surface area contributed by atoms with Crippen molar-refractivity contribution in [1.82, 2.24) is 14.9 Å². The fourth-order valence-corrected chi connectivity index (χ4v) is 3.82. The molecule has 146 valence electrons. The number of para-hydroxylation sites is 1. The van der Waals surface area contributed by atoms with Crippen LogP contribution in [0.4, 0.5) is 0 Å². The molecule has 0 unspecified atom stereocenters. The maximum Gasteiger partial charge on any atom is 0.266 e. The Morgan fingerprint density at radius 2 is 1.93 bits per heavy atom. The maximum absolute atomic E-state index is 13.3. The van der Waals surface area contributed by atoms with Gasteiger partial charge in [0.2, 0.25) is 5.91 Å². The van der Waals surface area contributed by atoms with E-state index < -0.39 is 0 Å². The van der Waals surface area contributed by atoms with Crippen LogP contribution in [0.5, 0.6) is 0 Å². The van der Waals surface area contributed by atoms with Crippen LogP contribution in [0.25, 0.3) is 16.6 Å². The second-order valence-electron chi connectivity index (χ2n) is 7.57. The Morgan fingerprint density at radius 1 is 1.21 bits per heavy atom. The Labute approximate surface area is 173 Å². The Balaban J connectivity index is 2.11. The van der Waals surface area contributed by atoms with E-state index in [9.17, 15) is 9.59 Å². The van der Waals surface area contributed by atoms with Crippen LogP contribution in [-0.2, 0) is 4.79 Å². The summed E-state index contributed by atoms with van der Waals surface area (Å²) in [4.78, 5) is 30.2. The summed E-state index contributed by atoms with van der Waals surface area (Å²) in [6, 6.07) is 12.6. The number of carbonyl (C=O) groups is 1. The average molecular weight is 416 g/mol. The highest BCUT2D eigenvalue weighted by Crippen LogP contribution is 2.24. The molecular formula is C21H22ClN3O2S. The number of nitrogens with one attached hydrogen (secondary N) is 1. The number of thioether (sulfide) groups is 1. The normalized spacial score (nSPS) is 11.6. The molecule has 0 saturated heterocycles. The van der Waals surface area contributed by atoms with Crippen LogP contribution in [0, 0.1) is 6.92 Å². The molecule has 0 bridgehead atoms. The van der Waals surface area contributed by atoms with Gasteiger partial charge in [-0.25, -0.2) is 4.98 Å². The van der Waals surface area contributed by atoms with E-state index in [0.29, 0.717) is 21.1 Å². The molecule has 0 aliphatic carbocycles. The number of aromatic nitrogens is 2. The molecule has 0 aliphatic heterocycles. The smallest absolute Gasteiger partial charge is 0.266 e. The molecule has 0 saturated carbocycles. The topological polar surface area (TPSA) is 64.0 Å². The summed E-state index contributed by atoms with van der Waals surface area (Å²) in [5.41, 5.74) is 1.70. The first-order valence-electron chi connectivity index (χ1n) is 8.88. The van der Waals surface area contributed by atoms with Crippen molar-refractivity contribution in [2.75, 3.05) is 5.75 Å². The van der Waals surface area contributed by atoms with E-state index in [2.05, 4.69) is 10.3 Å². The molecule has 5 nitrogen and oxygen atoms in total. The summed E-state index contributed by atoms with van der Waals surface area (Å²) >= 11 is 7.32. The zero-order valence-corrected chi connectivity index (χ0v) is 17.8. The summed E-state index contributed by atoms with van der Waals surface area (Å²) in [5, 5.41) is 4.37. The van der Waals surface area contributed by atoms with Crippen molar-refractivity contribution >= 4 is 40.2 Å². The third-order valence-electron chi connectivity index (χ3n) is 4.00. The zero-order chi connectivity index (χ0) is 20.5. The van der Waals surface area contributed by atoms with E-state index in [4.69, 9.17) is 11.6 Å². The lowest BCUT2D eigenvalue weighted by molar-refractivity contribution is -0.119. The van der Waals surface area contributed by atoms with Gasteiger partial charge in [-0.3, -0.25) is 14.2 Å². The number of fused-ring (bicyclic) bond motifs is 1. The van der Waals surface area contributed by atoms with Gasteiger partial charge in [-0.2, -0.15) is 0 Å². The quantitative estimate of drug-likeness (QED) is 0.508. The van der Waals surface area contributed by atoms with Gasteiger partial charge in [-0.05, 0) is 57.5 Å². The van der Waals surface area contributed by atoms with E-state index >= 15 is 0 Å². The monoisotopic (exact) mass is 415 g/mol. The number of nitrogens with zero attached hydrogens (tertiary/aromatic N) is 2. The van der Waals surface area contributed by atoms with Crippen molar-refractivity contribution in [3.63, 3.8) is 0 Å². The van der Waals surface area contributed by atoms with Gasteiger partial charge in [-0.1, -0.05) is 41.6 Å². The third-order valence-corrected chi connectivity index (χ3v) is 5.18. The molecule has 1 heterocycles. The van der Waals surface area contributed by atoms with Gasteiger partial charge < -0.3 is 5.32 Å². The SMILES string of the molecule is Cc1ccccc1-n1c(SCC(=O)NC(C)(C)C)nc2cc(Cl)ccc2c1=O. The minimum Gasteiger partial charge on any atom is -0.351 e. The average Bonchev–Trinajstić information content (AvgIpc) is 2.59. The number of carbonyl (C=O) groups excluding carboxylic acids is 1. The summed E-state index contributed by atoms with van der Waals surface area (Å²) in [7, 11) is 0. The molecule has 7 heteroatoms. The van der Waals surface area contributed by atoms with Gasteiger partial charge in [0, 0.05) is 10.6 Å². The van der Waals surface area contributed by atoms with E-state index in [1.807, 2.05) is 52.0 Å². The summed E-state index contributed by atoms with van der Waals surface area (Å²) in [6.45, 7) is 7.72. The number of hydrogen-bond donors (Lipinski definition) is 1. The Hall–Kier alpha value is -2.31. The van der Waals surface area contributed by atoms with Crippen molar-refractivity contribution < 1.29 is 4.79 Å². The van der Waals surface area contributed by atoms with Gasteiger partial charge in [0.15, 0.2) is 5.16 Å². The first-order valence-corrected chi connectivity index (χ1v) is 10.2. The number of benzene rings is 2. The van der Waals surface area contributed by atoms with Crippen LogP contribution in [-0.4, -0.2) is 26.8 Å². The fraction of sp³-hybridized carbons (Fsp3) is 0.286. The van der Waals surface area contributed by atoms with E-state index in [1.54, 1.807) is 22.8 Å². The highest BCUT2D eigenvalue weighted by atomic mass is 35.5. The lowest BCUT2D eigenvalue weighted by Gasteiger charge is -2.20. The summed E-state index contributed by atoms with van der Waals surface area (Å²) in [5.74, 6) is 0.0380. The van der Waals surface area contributed by atoms with Gasteiger partial charge in [-0.15, -0.1) is 0 Å². The number of rotatable bonds is 4. The van der Waals surface area contributed by atoms with Gasteiger partial charge in [0.1, 0.15) is 0 Å². The van der Waals surface area contributed by atoms with Gasteiger partial charge >= 0.3 is 0 Å². The van der Waals surface area contributed by atoms with Crippen molar-refractivity contribution in [3.8, 4) is 5.69 Å². The summed E-state index contributed by atoms with van der Waals surface area (Å²) in [6.07, 6.45) is 0. The van der Waals surface area contributed by atoms with Crippen LogP contribution >= 0.6 is 23.4 Å². The lowest BCUT2D eigenvalue weighted by atomic mass is 10.1. The first kappa shape index (κ1) is 20.4. The molecule has 1 aromatic heterocycles. The second-order valence-corrected chi connectivity index (χ2v) is 8.95. The molecule has 0 atom stereocenters. The predicted molar refractivity (Wildman–Crippen MR) is 116 cm³/mol. The molecule has 3 aromatic rings. The fourth-order valence-electron chi connectivity index (χ4n) is 2.85. The molecule has 0 aliphatic rings. The zero-order valence-electron chi connectivity index (χ0n) is 16.2.